The van der Waals surface area contributed by atoms with E-state index in [4.69, 9.17) is 13.9 Å². The second-order valence-corrected chi connectivity index (χ2v) is 11.2. The fraction of sp³-hybridized carbons (Fsp3) is 0.229. The summed E-state index contributed by atoms with van der Waals surface area (Å²) in [5.74, 6) is -1.18. The Morgan fingerprint density at radius 2 is 1.77 bits per heavy atom. The number of rotatable bonds is 9. The minimum absolute atomic E-state index is 0.0523. The molecule has 9 nitrogen and oxygen atoms in total. The van der Waals surface area contributed by atoms with E-state index >= 15 is 0 Å². The van der Waals surface area contributed by atoms with Crippen LogP contribution in [0.1, 0.15) is 35.8 Å². The van der Waals surface area contributed by atoms with Crippen LogP contribution in [0.3, 0.4) is 0 Å². The number of benzene rings is 3. The second kappa shape index (κ2) is 12.3. The van der Waals surface area contributed by atoms with Crippen LogP contribution in [0.4, 0.5) is 13.2 Å². The maximum absolute atomic E-state index is 14.0. The van der Waals surface area contributed by atoms with Crippen LogP contribution in [-0.2, 0) is 16.0 Å². The van der Waals surface area contributed by atoms with Crippen LogP contribution < -0.4 is 14.8 Å². The molecule has 1 atom stereocenters. The topological polar surface area (TPSA) is 105 Å². The zero-order valence-electron chi connectivity index (χ0n) is 25.8. The summed E-state index contributed by atoms with van der Waals surface area (Å²) in [7, 11) is 2.72. The number of nitrogens with zero attached hydrogens (tertiary/aromatic N) is 2. The molecule has 1 N–H and O–H groups in total. The standard InChI is InChI=1S/C35H30F3N3O6/c1-19(2)41-18-21(23-9-5-6-10-29(23)41)14-28(34(43)45-4)40-33(42)25-17-27(31-15-20-8-7-11-30(44-3)32(20)46-31)39-26-13-12-22(16-24(25)26)47-35(36,37)38/h5-13,15-19,28H,14H2,1-4H3,(H,40,42)/t28-/m1/s1. The van der Waals surface area contributed by atoms with Crippen molar-refractivity contribution in [2.45, 2.75) is 38.7 Å². The molecule has 0 radical (unpaired) electrons. The van der Waals surface area contributed by atoms with Gasteiger partial charge in [-0.15, -0.1) is 13.2 Å². The number of furan rings is 1. The van der Waals surface area contributed by atoms with Gasteiger partial charge in [-0.1, -0.05) is 30.3 Å². The van der Waals surface area contributed by atoms with Crippen LogP contribution in [0.15, 0.2) is 83.4 Å². The Bertz CT molecular complexity index is 2130. The molecule has 1 amide bonds. The fourth-order valence-electron chi connectivity index (χ4n) is 5.70. The number of esters is 1. The number of nitrogens with one attached hydrogen (secondary N) is 1. The van der Waals surface area contributed by atoms with Crippen LogP contribution >= 0.6 is 0 Å². The molecule has 0 fully saturated rings. The molecule has 6 aromatic rings. The van der Waals surface area contributed by atoms with E-state index in [-0.39, 0.29) is 34.6 Å². The summed E-state index contributed by atoms with van der Waals surface area (Å²) in [5, 5.41) is 4.45. The summed E-state index contributed by atoms with van der Waals surface area (Å²) < 4.78 is 62.1. The summed E-state index contributed by atoms with van der Waals surface area (Å²) in [6, 6.07) is 18.7. The molecule has 242 valence electrons. The minimum Gasteiger partial charge on any atom is -0.493 e. The average molecular weight is 646 g/mol. The molecule has 3 aromatic heterocycles. The number of fused-ring (bicyclic) bond motifs is 3. The first kappa shape index (κ1) is 31.5. The van der Waals surface area contributed by atoms with Gasteiger partial charge in [-0.05, 0) is 61.9 Å². The molecular weight excluding hydrogens is 615 g/mol. The first-order chi connectivity index (χ1) is 22.5. The number of amides is 1. The Morgan fingerprint density at radius 1 is 0.979 bits per heavy atom. The average Bonchev–Trinajstić information content (AvgIpc) is 3.65. The van der Waals surface area contributed by atoms with Gasteiger partial charge in [0.25, 0.3) is 5.91 Å². The zero-order valence-corrected chi connectivity index (χ0v) is 25.8. The largest absolute Gasteiger partial charge is 0.573 e. The number of ether oxygens (including phenoxy) is 3. The van der Waals surface area contributed by atoms with Crippen LogP contribution in [0.2, 0.25) is 0 Å². The molecule has 0 aliphatic carbocycles. The molecule has 0 unspecified atom stereocenters. The SMILES string of the molecule is COC(=O)[C@@H](Cc1cn(C(C)C)c2ccccc12)NC(=O)c1cc(-c2cc3cccc(OC)c3o2)nc2ccc(OC(F)(F)F)cc12. The maximum atomic E-state index is 14.0. The third-order valence-electron chi connectivity index (χ3n) is 7.83. The number of carbonyl (C=O) groups is 2. The summed E-state index contributed by atoms with van der Waals surface area (Å²) in [5.41, 5.74) is 2.62. The molecule has 0 saturated carbocycles. The van der Waals surface area contributed by atoms with Crippen molar-refractivity contribution in [2.75, 3.05) is 14.2 Å². The summed E-state index contributed by atoms with van der Waals surface area (Å²) in [4.78, 5) is 31.7. The number of pyridine rings is 1. The molecule has 0 bridgehead atoms. The lowest BCUT2D eigenvalue weighted by molar-refractivity contribution is -0.274. The normalized spacial score (nSPS) is 12.5. The highest BCUT2D eigenvalue weighted by atomic mass is 19.4. The van der Waals surface area contributed by atoms with E-state index in [0.29, 0.717) is 22.5 Å². The van der Waals surface area contributed by atoms with Gasteiger partial charge in [0.1, 0.15) is 17.5 Å². The molecule has 0 aliphatic heterocycles. The highest BCUT2D eigenvalue weighted by Gasteiger charge is 2.32. The van der Waals surface area contributed by atoms with Gasteiger partial charge >= 0.3 is 12.3 Å². The lowest BCUT2D eigenvalue weighted by Gasteiger charge is -2.18. The van der Waals surface area contributed by atoms with Gasteiger partial charge < -0.3 is 28.5 Å². The number of methoxy groups -OCH3 is 2. The Morgan fingerprint density at radius 3 is 2.49 bits per heavy atom. The van der Waals surface area contributed by atoms with Crippen molar-refractivity contribution in [3.63, 3.8) is 0 Å². The predicted molar refractivity (Wildman–Crippen MR) is 169 cm³/mol. The van der Waals surface area contributed by atoms with Crippen molar-refractivity contribution in [1.29, 1.82) is 0 Å². The number of aromatic nitrogens is 2. The molecule has 0 aliphatic rings. The number of halogens is 3. The van der Waals surface area contributed by atoms with E-state index in [2.05, 4.69) is 19.6 Å². The van der Waals surface area contributed by atoms with E-state index in [9.17, 15) is 22.8 Å². The zero-order chi connectivity index (χ0) is 33.5. The Kier molecular flexibility index (Phi) is 8.27. The van der Waals surface area contributed by atoms with Crippen LogP contribution in [-0.4, -0.2) is 48.1 Å². The van der Waals surface area contributed by atoms with Crippen LogP contribution in [0.5, 0.6) is 11.5 Å². The van der Waals surface area contributed by atoms with Gasteiger partial charge in [-0.2, -0.15) is 0 Å². The number of hydrogen-bond donors (Lipinski definition) is 1. The first-order valence-electron chi connectivity index (χ1n) is 14.7. The lowest BCUT2D eigenvalue weighted by atomic mass is 10.0. The molecule has 3 aromatic carbocycles. The van der Waals surface area contributed by atoms with Crippen LogP contribution in [0, 0.1) is 0 Å². The van der Waals surface area contributed by atoms with E-state index < -0.39 is 30.0 Å². The minimum atomic E-state index is -4.96. The van der Waals surface area contributed by atoms with Crippen molar-refractivity contribution in [3.8, 4) is 23.0 Å². The van der Waals surface area contributed by atoms with Gasteiger partial charge in [0.2, 0.25) is 0 Å². The van der Waals surface area contributed by atoms with E-state index in [1.807, 2.05) is 50.4 Å². The van der Waals surface area contributed by atoms with Gasteiger partial charge in [0.05, 0.1) is 25.3 Å². The molecule has 0 saturated heterocycles. The van der Waals surface area contributed by atoms with E-state index in [0.717, 1.165) is 28.6 Å². The highest BCUT2D eigenvalue weighted by Crippen LogP contribution is 2.35. The van der Waals surface area contributed by atoms with Crippen LogP contribution in [0.25, 0.3) is 44.2 Å². The van der Waals surface area contributed by atoms with Crippen molar-refractivity contribution >= 4 is 44.7 Å². The monoisotopic (exact) mass is 645 g/mol. The third kappa shape index (κ3) is 6.31. The summed E-state index contributed by atoms with van der Waals surface area (Å²) in [6.07, 6.45) is -2.92. The predicted octanol–water partition coefficient (Wildman–Crippen LogP) is 7.60. The molecule has 0 spiro atoms. The fourth-order valence-corrected chi connectivity index (χ4v) is 5.70. The van der Waals surface area contributed by atoms with Gasteiger partial charge in [-0.3, -0.25) is 4.79 Å². The van der Waals surface area contributed by atoms with Crippen molar-refractivity contribution < 1.29 is 41.4 Å². The Hall–Kier alpha value is -5.52. The summed E-state index contributed by atoms with van der Waals surface area (Å²) >= 11 is 0. The number of para-hydroxylation sites is 2. The van der Waals surface area contributed by atoms with E-state index in [1.165, 1.54) is 26.4 Å². The van der Waals surface area contributed by atoms with Crippen molar-refractivity contribution in [3.05, 3.63) is 90.1 Å². The number of alkyl halides is 3. The Labute approximate surface area is 266 Å². The maximum Gasteiger partial charge on any atom is 0.573 e. The van der Waals surface area contributed by atoms with Crippen molar-refractivity contribution in [1.82, 2.24) is 14.9 Å². The molecule has 12 heteroatoms. The number of hydrogen-bond acceptors (Lipinski definition) is 7. The van der Waals surface area contributed by atoms with Crippen molar-refractivity contribution in [2.24, 2.45) is 0 Å². The Balaban J connectivity index is 1.44. The van der Waals surface area contributed by atoms with Gasteiger partial charge in [-0.25, -0.2) is 9.78 Å². The lowest BCUT2D eigenvalue weighted by Crippen LogP contribution is -2.43. The highest BCUT2D eigenvalue weighted by molar-refractivity contribution is 6.08. The summed E-state index contributed by atoms with van der Waals surface area (Å²) in [6.45, 7) is 4.08. The second-order valence-electron chi connectivity index (χ2n) is 11.2. The molecule has 3 heterocycles. The quantitative estimate of drug-likeness (QED) is 0.162. The molecule has 47 heavy (non-hydrogen) atoms. The molecular formula is C35H30F3N3O6. The van der Waals surface area contributed by atoms with Gasteiger partial charge in [0, 0.05) is 40.3 Å². The first-order valence-corrected chi connectivity index (χ1v) is 14.7. The van der Waals surface area contributed by atoms with Gasteiger partial charge in [0.15, 0.2) is 17.1 Å². The molecule has 6 rings (SSSR count). The van der Waals surface area contributed by atoms with E-state index in [1.54, 1.807) is 18.2 Å². The third-order valence-corrected chi connectivity index (χ3v) is 7.83. The number of carbonyl (C=O) groups excluding carboxylic acids is 2. The smallest absolute Gasteiger partial charge is 0.493 e.